The zero-order chi connectivity index (χ0) is 17.7. The molecule has 3 atom stereocenters. The Labute approximate surface area is 144 Å². The first-order chi connectivity index (χ1) is 11.9. The highest BCUT2D eigenvalue weighted by Gasteiger charge is 2.36. The number of hydrogen-bond acceptors (Lipinski definition) is 3. The topological polar surface area (TPSA) is 57.9 Å². The van der Waals surface area contributed by atoms with Gasteiger partial charge in [-0.3, -0.25) is 10.00 Å². The first kappa shape index (κ1) is 16.6. The van der Waals surface area contributed by atoms with Crippen LogP contribution in [0.1, 0.15) is 47.7 Å². The number of aryl methyl sites for hydroxylation is 1. The zero-order valence-electron chi connectivity index (χ0n) is 14.0. The van der Waals surface area contributed by atoms with Gasteiger partial charge in [0.25, 0.3) is 0 Å². The van der Waals surface area contributed by atoms with Crippen LogP contribution in [0, 0.1) is 24.4 Å². The lowest BCUT2D eigenvalue weighted by atomic mass is 9.77. The molecule has 0 bridgehead atoms. The maximum Gasteiger partial charge on any atom is 0.161 e. The Morgan fingerprint density at radius 3 is 2.60 bits per heavy atom. The van der Waals surface area contributed by atoms with Crippen molar-refractivity contribution in [2.75, 3.05) is 0 Å². The van der Waals surface area contributed by atoms with E-state index in [1.165, 1.54) is 5.56 Å². The van der Waals surface area contributed by atoms with Crippen molar-refractivity contribution in [3.8, 4) is 0 Å². The Morgan fingerprint density at radius 2 is 1.88 bits per heavy atom. The van der Waals surface area contributed by atoms with Crippen LogP contribution >= 0.6 is 0 Å². The van der Waals surface area contributed by atoms with Gasteiger partial charge in [-0.15, -0.1) is 0 Å². The molecule has 4 nitrogen and oxygen atoms in total. The monoisotopic (exact) mass is 350 g/mol. The molecule has 0 saturated heterocycles. The van der Waals surface area contributed by atoms with Crippen LogP contribution < -0.4 is 5.73 Å². The minimum Gasteiger partial charge on any atom is -0.327 e. The van der Waals surface area contributed by atoms with Crippen LogP contribution in [0.3, 0.4) is 0 Å². The fraction of sp³-hybridized carbons (Fsp3) is 0.500. The van der Waals surface area contributed by atoms with Crippen molar-refractivity contribution in [1.82, 2.24) is 15.1 Å². The van der Waals surface area contributed by atoms with E-state index in [9.17, 15) is 13.2 Å². The van der Waals surface area contributed by atoms with Gasteiger partial charge in [0, 0.05) is 48.4 Å². The van der Waals surface area contributed by atoms with Crippen molar-refractivity contribution in [1.29, 1.82) is 0 Å². The molecule has 7 heteroatoms. The van der Waals surface area contributed by atoms with Gasteiger partial charge in [-0.05, 0) is 37.8 Å². The third-order valence-electron chi connectivity index (χ3n) is 5.70. The first-order valence-electron chi connectivity index (χ1n) is 8.60. The van der Waals surface area contributed by atoms with Gasteiger partial charge >= 0.3 is 0 Å². The van der Waals surface area contributed by atoms with E-state index in [-0.39, 0.29) is 17.5 Å². The Hall–Kier alpha value is -1.86. The van der Waals surface area contributed by atoms with Crippen LogP contribution in [0.15, 0.2) is 12.1 Å². The lowest BCUT2D eigenvalue weighted by Crippen LogP contribution is -2.44. The van der Waals surface area contributed by atoms with E-state index >= 15 is 0 Å². The highest BCUT2D eigenvalue weighted by molar-refractivity contribution is 5.29. The molecule has 4 rings (SSSR count). The lowest BCUT2D eigenvalue weighted by Gasteiger charge is -2.38. The molecule has 2 aliphatic rings. The predicted molar refractivity (Wildman–Crippen MR) is 87.2 cm³/mol. The second kappa shape index (κ2) is 6.14. The molecule has 0 radical (unpaired) electrons. The Bertz CT molecular complexity index is 804. The average molecular weight is 350 g/mol. The largest absolute Gasteiger partial charge is 0.327 e. The van der Waals surface area contributed by atoms with Gasteiger partial charge in [-0.1, -0.05) is 0 Å². The van der Waals surface area contributed by atoms with Crippen LogP contribution in [-0.4, -0.2) is 27.2 Å². The van der Waals surface area contributed by atoms with Crippen molar-refractivity contribution in [3.05, 3.63) is 52.1 Å². The number of nitrogens with two attached hydrogens (primary N) is 1. The number of nitrogens with one attached hydrogen (secondary N) is 1. The number of aromatic nitrogens is 2. The van der Waals surface area contributed by atoms with Crippen LogP contribution in [0.2, 0.25) is 0 Å². The molecule has 1 saturated carbocycles. The molecule has 0 amide bonds. The van der Waals surface area contributed by atoms with Gasteiger partial charge < -0.3 is 5.73 Å². The summed E-state index contributed by atoms with van der Waals surface area (Å²) >= 11 is 0. The molecule has 3 N–H and O–H groups in total. The van der Waals surface area contributed by atoms with E-state index in [0.29, 0.717) is 24.9 Å². The highest BCUT2D eigenvalue weighted by Crippen LogP contribution is 2.38. The van der Waals surface area contributed by atoms with Crippen LogP contribution in [0.25, 0.3) is 0 Å². The summed E-state index contributed by atoms with van der Waals surface area (Å²) in [5.74, 6) is -3.18. The predicted octanol–water partition coefficient (Wildman–Crippen LogP) is 3.11. The van der Waals surface area contributed by atoms with Gasteiger partial charge in [-0.25, -0.2) is 13.2 Å². The molecule has 1 aromatic heterocycles. The maximum absolute atomic E-state index is 14.1. The number of H-pyrrole nitrogens is 1. The third kappa shape index (κ3) is 2.85. The number of halogens is 3. The van der Waals surface area contributed by atoms with Crippen LogP contribution in [-0.2, 0) is 13.1 Å². The van der Waals surface area contributed by atoms with Gasteiger partial charge in [0.05, 0.1) is 5.69 Å². The smallest absolute Gasteiger partial charge is 0.161 e. The fourth-order valence-electron chi connectivity index (χ4n) is 4.28. The number of nitrogens with zero attached hydrogens (tertiary/aromatic N) is 2. The summed E-state index contributed by atoms with van der Waals surface area (Å²) in [6.45, 7) is 3.66. The van der Waals surface area contributed by atoms with E-state index in [0.717, 1.165) is 37.0 Å². The molecular formula is C18H21F3N4. The van der Waals surface area contributed by atoms with Crippen molar-refractivity contribution in [3.63, 3.8) is 0 Å². The summed E-state index contributed by atoms with van der Waals surface area (Å²) in [6, 6.07) is 1.59. The van der Waals surface area contributed by atoms with Gasteiger partial charge in [0.2, 0.25) is 0 Å². The Morgan fingerprint density at radius 1 is 1.12 bits per heavy atom. The standard InChI is InChI=1S/C18H21F3N4/c1-9-13-7-25(8-18(13)24-23-9)10-2-3-11(17(22)4-10)12-5-15(20)16(21)6-14(12)19/h5-6,10-11,17H,2-4,7-8,22H2,1H3,(H,23,24)/t10-,11+,17?/m0/s1. The summed E-state index contributed by atoms with van der Waals surface area (Å²) < 4.78 is 40.8. The SMILES string of the molecule is Cc1[nH]nc2c1CN([C@H]1CC[C@H](c3cc(F)c(F)cc3F)C(N)C1)C2. The van der Waals surface area contributed by atoms with E-state index in [2.05, 4.69) is 15.1 Å². The molecule has 1 aromatic carbocycles. The molecule has 1 fully saturated rings. The summed E-state index contributed by atoms with van der Waals surface area (Å²) in [7, 11) is 0. The first-order valence-corrected chi connectivity index (χ1v) is 8.60. The van der Waals surface area contributed by atoms with E-state index in [1.54, 1.807) is 0 Å². The van der Waals surface area contributed by atoms with Crippen molar-refractivity contribution in [2.45, 2.75) is 57.3 Å². The maximum atomic E-state index is 14.1. The Balaban J connectivity index is 1.47. The van der Waals surface area contributed by atoms with Gasteiger partial charge in [0.1, 0.15) is 5.82 Å². The summed E-state index contributed by atoms with van der Waals surface area (Å²) in [5, 5.41) is 7.33. The van der Waals surface area contributed by atoms with Crippen molar-refractivity contribution in [2.24, 2.45) is 5.73 Å². The Kier molecular flexibility index (Phi) is 4.08. The van der Waals surface area contributed by atoms with Crippen LogP contribution in [0.4, 0.5) is 13.2 Å². The minimum atomic E-state index is -1.16. The van der Waals surface area contributed by atoms with Crippen LogP contribution in [0.5, 0.6) is 0 Å². The number of rotatable bonds is 2. The molecule has 1 aliphatic heterocycles. The third-order valence-corrected chi connectivity index (χ3v) is 5.70. The van der Waals surface area contributed by atoms with E-state index < -0.39 is 17.5 Å². The number of aromatic amines is 1. The average Bonchev–Trinajstić information content (AvgIpc) is 3.14. The molecule has 1 aliphatic carbocycles. The van der Waals surface area contributed by atoms with Gasteiger partial charge in [0.15, 0.2) is 11.6 Å². The fourth-order valence-corrected chi connectivity index (χ4v) is 4.28. The number of hydrogen-bond donors (Lipinski definition) is 2. The summed E-state index contributed by atoms with van der Waals surface area (Å²) in [6.07, 6.45) is 2.22. The minimum absolute atomic E-state index is 0.190. The molecule has 0 spiro atoms. The summed E-state index contributed by atoms with van der Waals surface area (Å²) in [5.41, 5.74) is 9.93. The molecule has 2 aromatic rings. The second-order valence-corrected chi connectivity index (χ2v) is 7.20. The van der Waals surface area contributed by atoms with Crippen molar-refractivity contribution < 1.29 is 13.2 Å². The molecule has 25 heavy (non-hydrogen) atoms. The van der Waals surface area contributed by atoms with Gasteiger partial charge in [-0.2, -0.15) is 5.10 Å². The highest BCUT2D eigenvalue weighted by atomic mass is 19.2. The summed E-state index contributed by atoms with van der Waals surface area (Å²) in [4.78, 5) is 2.36. The molecular weight excluding hydrogens is 329 g/mol. The second-order valence-electron chi connectivity index (χ2n) is 7.20. The number of benzene rings is 1. The molecule has 134 valence electrons. The zero-order valence-corrected chi connectivity index (χ0v) is 14.0. The van der Waals surface area contributed by atoms with Crippen molar-refractivity contribution >= 4 is 0 Å². The molecule has 2 heterocycles. The number of fused-ring (bicyclic) bond motifs is 1. The lowest BCUT2D eigenvalue weighted by molar-refractivity contribution is 0.136. The van der Waals surface area contributed by atoms with E-state index in [1.807, 2.05) is 6.92 Å². The van der Waals surface area contributed by atoms with E-state index in [4.69, 9.17) is 5.73 Å². The quantitative estimate of drug-likeness (QED) is 0.818. The normalized spacial score (nSPS) is 26.8. The molecule has 1 unspecified atom stereocenters.